The largest absolute Gasteiger partial charge is 0.496 e. The van der Waals surface area contributed by atoms with Crippen LogP contribution < -0.4 is 4.74 Å². The molecule has 0 heterocycles. The molecule has 0 saturated carbocycles. The van der Waals surface area contributed by atoms with Gasteiger partial charge in [-0.05, 0) is 40.8 Å². The van der Waals surface area contributed by atoms with Gasteiger partial charge in [0.15, 0.2) is 0 Å². The van der Waals surface area contributed by atoms with Crippen molar-refractivity contribution in [3.63, 3.8) is 0 Å². The Morgan fingerprint density at radius 3 is 2.53 bits per heavy atom. The predicted molar refractivity (Wildman–Crippen MR) is 73.3 cm³/mol. The molecule has 1 unspecified atom stereocenters. The predicted octanol–water partition coefficient (Wildman–Crippen LogP) is 5.31. The van der Waals surface area contributed by atoms with Gasteiger partial charge in [-0.15, -0.1) is 11.6 Å². The standard InChI is InChI=1S/C13H17BrClFO/c1-8(2)4-5-11(15)9-6-10(14)12(16)7-13(9)17-3/h6-8,11H,4-5H2,1-3H3. The number of alkyl halides is 1. The molecule has 0 N–H and O–H groups in total. The van der Waals surface area contributed by atoms with E-state index in [0.29, 0.717) is 16.1 Å². The third-order valence-electron chi connectivity index (χ3n) is 2.61. The average molecular weight is 324 g/mol. The maximum Gasteiger partial charge on any atom is 0.141 e. The highest BCUT2D eigenvalue weighted by Gasteiger charge is 2.16. The van der Waals surface area contributed by atoms with Crippen molar-refractivity contribution in [3.05, 3.63) is 28.0 Å². The van der Waals surface area contributed by atoms with Gasteiger partial charge in [-0.3, -0.25) is 0 Å². The summed E-state index contributed by atoms with van der Waals surface area (Å²) >= 11 is 9.50. The van der Waals surface area contributed by atoms with E-state index in [-0.39, 0.29) is 11.2 Å². The summed E-state index contributed by atoms with van der Waals surface area (Å²) in [6, 6.07) is 3.07. The van der Waals surface area contributed by atoms with Crippen molar-refractivity contribution in [1.82, 2.24) is 0 Å². The maximum absolute atomic E-state index is 13.4. The molecule has 0 aliphatic rings. The van der Waals surface area contributed by atoms with Crippen LogP contribution in [0.1, 0.15) is 37.6 Å². The number of hydrogen-bond acceptors (Lipinski definition) is 1. The second-order valence-electron chi connectivity index (χ2n) is 4.45. The Morgan fingerprint density at radius 2 is 2.00 bits per heavy atom. The molecule has 1 aromatic rings. The van der Waals surface area contributed by atoms with Gasteiger partial charge in [0.25, 0.3) is 0 Å². The van der Waals surface area contributed by atoms with E-state index < -0.39 is 0 Å². The number of hydrogen-bond donors (Lipinski definition) is 0. The Kier molecular flexibility index (Phi) is 5.74. The van der Waals surface area contributed by atoms with Gasteiger partial charge >= 0.3 is 0 Å². The lowest BCUT2D eigenvalue weighted by molar-refractivity contribution is 0.403. The minimum absolute atomic E-state index is 0.149. The molecule has 1 nitrogen and oxygen atoms in total. The summed E-state index contributed by atoms with van der Waals surface area (Å²) in [6.07, 6.45) is 1.89. The Balaban J connectivity index is 2.91. The third kappa shape index (κ3) is 4.14. The normalized spacial score (nSPS) is 12.9. The highest BCUT2D eigenvalue weighted by molar-refractivity contribution is 9.10. The van der Waals surface area contributed by atoms with E-state index in [0.717, 1.165) is 18.4 Å². The molecule has 0 radical (unpaired) electrons. The second-order valence-corrected chi connectivity index (χ2v) is 5.83. The smallest absolute Gasteiger partial charge is 0.141 e. The summed E-state index contributed by atoms with van der Waals surface area (Å²) in [7, 11) is 1.53. The van der Waals surface area contributed by atoms with Crippen molar-refractivity contribution in [2.75, 3.05) is 7.11 Å². The van der Waals surface area contributed by atoms with E-state index in [9.17, 15) is 4.39 Å². The molecule has 17 heavy (non-hydrogen) atoms. The highest BCUT2D eigenvalue weighted by atomic mass is 79.9. The molecule has 1 aromatic carbocycles. The van der Waals surface area contributed by atoms with Crippen LogP contribution in [0.2, 0.25) is 0 Å². The summed E-state index contributed by atoms with van der Waals surface area (Å²) in [6.45, 7) is 4.31. The molecule has 1 rings (SSSR count). The zero-order chi connectivity index (χ0) is 13.0. The first kappa shape index (κ1) is 14.8. The number of halogens is 3. The van der Waals surface area contributed by atoms with Crippen molar-refractivity contribution in [1.29, 1.82) is 0 Å². The topological polar surface area (TPSA) is 9.23 Å². The zero-order valence-electron chi connectivity index (χ0n) is 10.3. The Bertz CT molecular complexity index is 382. The van der Waals surface area contributed by atoms with Gasteiger partial charge in [-0.2, -0.15) is 0 Å². The molecule has 0 bridgehead atoms. The van der Waals surface area contributed by atoms with Gasteiger partial charge in [0.05, 0.1) is 17.0 Å². The number of rotatable bonds is 5. The number of methoxy groups -OCH3 is 1. The molecule has 0 saturated heterocycles. The first-order chi connectivity index (χ1) is 7.95. The van der Waals surface area contributed by atoms with Crippen molar-refractivity contribution in [2.45, 2.75) is 32.1 Å². The van der Waals surface area contributed by atoms with Crippen molar-refractivity contribution >= 4 is 27.5 Å². The van der Waals surface area contributed by atoms with Crippen molar-refractivity contribution in [2.24, 2.45) is 5.92 Å². The molecular formula is C13H17BrClFO. The summed E-state index contributed by atoms with van der Waals surface area (Å²) in [5.41, 5.74) is 0.836. The van der Waals surface area contributed by atoms with Crippen LogP contribution >= 0.6 is 27.5 Å². The maximum atomic E-state index is 13.4. The molecule has 1 atom stereocenters. The minimum Gasteiger partial charge on any atom is -0.496 e. The Hall–Kier alpha value is -0.280. The molecule has 0 aliphatic heterocycles. The Morgan fingerprint density at radius 1 is 1.35 bits per heavy atom. The van der Waals surface area contributed by atoms with Crippen LogP contribution in [0.25, 0.3) is 0 Å². The third-order valence-corrected chi connectivity index (χ3v) is 3.67. The zero-order valence-corrected chi connectivity index (χ0v) is 12.6. The van der Waals surface area contributed by atoms with Gasteiger partial charge in [-0.25, -0.2) is 4.39 Å². The van der Waals surface area contributed by atoms with Crippen LogP contribution in [0.4, 0.5) is 4.39 Å². The monoisotopic (exact) mass is 322 g/mol. The molecule has 0 aromatic heterocycles. The molecule has 96 valence electrons. The fourth-order valence-corrected chi connectivity index (χ4v) is 2.26. The van der Waals surface area contributed by atoms with Crippen molar-refractivity contribution in [3.8, 4) is 5.75 Å². The molecular weight excluding hydrogens is 306 g/mol. The quantitative estimate of drug-likeness (QED) is 0.667. The van der Waals surface area contributed by atoms with E-state index in [4.69, 9.17) is 16.3 Å². The molecule has 0 amide bonds. The lowest BCUT2D eigenvalue weighted by Crippen LogP contribution is -1.99. The van der Waals surface area contributed by atoms with Gasteiger partial charge in [0.1, 0.15) is 11.6 Å². The van der Waals surface area contributed by atoms with Crippen LogP contribution in [0.15, 0.2) is 16.6 Å². The summed E-state index contributed by atoms with van der Waals surface area (Å²) < 4.78 is 18.9. The number of ether oxygens (including phenoxy) is 1. The van der Waals surface area contributed by atoms with Gasteiger partial charge in [0, 0.05) is 11.6 Å². The van der Waals surface area contributed by atoms with Gasteiger partial charge < -0.3 is 4.74 Å². The average Bonchev–Trinajstić information content (AvgIpc) is 2.28. The highest BCUT2D eigenvalue weighted by Crippen LogP contribution is 2.36. The van der Waals surface area contributed by atoms with Gasteiger partial charge in [-0.1, -0.05) is 13.8 Å². The Labute approximate surface area is 115 Å². The number of benzene rings is 1. The fraction of sp³-hybridized carbons (Fsp3) is 0.538. The van der Waals surface area contributed by atoms with E-state index in [1.165, 1.54) is 13.2 Å². The summed E-state index contributed by atoms with van der Waals surface area (Å²) in [4.78, 5) is 0. The summed E-state index contributed by atoms with van der Waals surface area (Å²) in [5, 5.41) is -0.149. The van der Waals surface area contributed by atoms with Crippen LogP contribution in [0, 0.1) is 11.7 Å². The minimum atomic E-state index is -0.335. The molecule has 0 fully saturated rings. The van der Waals surface area contributed by atoms with Crippen molar-refractivity contribution < 1.29 is 9.13 Å². The van der Waals surface area contributed by atoms with E-state index in [1.807, 2.05) is 0 Å². The van der Waals surface area contributed by atoms with E-state index in [2.05, 4.69) is 29.8 Å². The van der Waals surface area contributed by atoms with E-state index >= 15 is 0 Å². The molecule has 0 spiro atoms. The molecule has 0 aliphatic carbocycles. The SMILES string of the molecule is COc1cc(F)c(Br)cc1C(Cl)CCC(C)C. The van der Waals surface area contributed by atoms with Crippen LogP contribution in [0.5, 0.6) is 5.75 Å². The molecule has 4 heteroatoms. The summed E-state index contributed by atoms with van der Waals surface area (Å²) in [5.74, 6) is 0.777. The second kappa shape index (κ2) is 6.60. The lowest BCUT2D eigenvalue weighted by Gasteiger charge is -2.15. The van der Waals surface area contributed by atoms with Crippen LogP contribution in [-0.2, 0) is 0 Å². The van der Waals surface area contributed by atoms with E-state index in [1.54, 1.807) is 6.07 Å². The van der Waals surface area contributed by atoms with Crippen LogP contribution in [0.3, 0.4) is 0 Å². The first-order valence-corrected chi connectivity index (χ1v) is 6.85. The fourth-order valence-electron chi connectivity index (χ4n) is 1.60. The van der Waals surface area contributed by atoms with Gasteiger partial charge in [0.2, 0.25) is 0 Å². The lowest BCUT2D eigenvalue weighted by atomic mass is 10.0. The van der Waals surface area contributed by atoms with Crippen LogP contribution in [-0.4, -0.2) is 7.11 Å². The first-order valence-electron chi connectivity index (χ1n) is 5.62.